The molecule has 1 amide bonds. The minimum atomic E-state index is -0.677. The van der Waals surface area contributed by atoms with Crippen LogP contribution in [0, 0.1) is 0 Å². The van der Waals surface area contributed by atoms with Crippen molar-refractivity contribution in [3.05, 3.63) is 57.5 Å². The van der Waals surface area contributed by atoms with E-state index in [-0.39, 0.29) is 5.91 Å². The van der Waals surface area contributed by atoms with Crippen LogP contribution in [0.4, 0.5) is 5.69 Å². The number of halogens is 3. The van der Waals surface area contributed by atoms with Crippen molar-refractivity contribution in [3.63, 3.8) is 0 Å². The Kier molecular flexibility index (Phi) is 5.34. The summed E-state index contributed by atoms with van der Waals surface area (Å²) in [5, 5.41) is 4.20. The Morgan fingerprint density at radius 2 is 1.57 bits per heavy atom. The highest BCUT2D eigenvalue weighted by Crippen LogP contribution is 2.23. The lowest BCUT2D eigenvalue weighted by molar-refractivity contribution is -0.122. The van der Waals surface area contributed by atoms with Gasteiger partial charge in [-0.25, -0.2) is 0 Å². The van der Waals surface area contributed by atoms with Crippen molar-refractivity contribution in [2.24, 2.45) is 0 Å². The first-order valence-corrected chi connectivity index (χ1v) is 7.26. The van der Waals surface area contributed by atoms with Gasteiger partial charge in [-0.2, -0.15) is 0 Å². The van der Waals surface area contributed by atoms with Crippen molar-refractivity contribution in [3.8, 4) is 5.75 Å². The maximum Gasteiger partial charge on any atom is 0.265 e. The third kappa shape index (κ3) is 4.81. The number of rotatable bonds is 4. The highest BCUT2D eigenvalue weighted by Gasteiger charge is 2.15. The van der Waals surface area contributed by atoms with Crippen LogP contribution in [0.25, 0.3) is 0 Å². The second-order valence-electron chi connectivity index (χ2n) is 4.36. The van der Waals surface area contributed by atoms with Gasteiger partial charge in [0.25, 0.3) is 5.91 Å². The van der Waals surface area contributed by atoms with Crippen LogP contribution >= 0.6 is 34.8 Å². The first-order valence-electron chi connectivity index (χ1n) is 6.13. The maximum atomic E-state index is 12.1. The number of benzene rings is 2. The van der Waals surface area contributed by atoms with Crippen LogP contribution in [-0.4, -0.2) is 12.0 Å². The van der Waals surface area contributed by atoms with Gasteiger partial charge in [0.15, 0.2) is 6.10 Å². The molecule has 0 radical (unpaired) electrons. The topological polar surface area (TPSA) is 38.3 Å². The molecule has 2 aromatic carbocycles. The van der Waals surface area contributed by atoms with E-state index >= 15 is 0 Å². The molecule has 0 saturated heterocycles. The van der Waals surface area contributed by atoms with Crippen molar-refractivity contribution in [2.75, 3.05) is 5.32 Å². The predicted molar refractivity (Wildman–Crippen MR) is 86.6 cm³/mol. The molecule has 0 aliphatic heterocycles. The zero-order valence-electron chi connectivity index (χ0n) is 11.1. The van der Waals surface area contributed by atoms with E-state index in [4.69, 9.17) is 39.5 Å². The van der Waals surface area contributed by atoms with Gasteiger partial charge in [-0.05, 0) is 49.4 Å². The van der Waals surface area contributed by atoms with Crippen molar-refractivity contribution < 1.29 is 9.53 Å². The molecule has 3 nitrogen and oxygen atoms in total. The quantitative estimate of drug-likeness (QED) is 0.842. The Labute approximate surface area is 137 Å². The molecule has 0 aliphatic carbocycles. The summed E-state index contributed by atoms with van der Waals surface area (Å²) < 4.78 is 5.53. The van der Waals surface area contributed by atoms with Crippen LogP contribution in [0.2, 0.25) is 15.1 Å². The fourth-order valence-electron chi connectivity index (χ4n) is 1.64. The standard InChI is InChI=1S/C15H12Cl3NO2/c1-9(21-14-4-2-10(16)3-5-14)15(20)19-13-7-11(17)6-12(18)8-13/h2-9H,1H3,(H,19,20). The number of ether oxygens (including phenoxy) is 1. The number of carbonyl (C=O) groups is 1. The molecule has 0 aromatic heterocycles. The van der Waals surface area contributed by atoms with Crippen molar-refractivity contribution >= 4 is 46.4 Å². The van der Waals surface area contributed by atoms with E-state index in [0.29, 0.717) is 26.5 Å². The smallest absolute Gasteiger partial charge is 0.265 e. The van der Waals surface area contributed by atoms with Gasteiger partial charge >= 0.3 is 0 Å². The molecule has 2 rings (SSSR count). The average Bonchev–Trinajstić information content (AvgIpc) is 2.40. The fraction of sp³-hybridized carbons (Fsp3) is 0.133. The van der Waals surface area contributed by atoms with Crippen LogP contribution in [-0.2, 0) is 4.79 Å². The third-order valence-electron chi connectivity index (χ3n) is 2.63. The monoisotopic (exact) mass is 343 g/mol. The predicted octanol–water partition coefficient (Wildman–Crippen LogP) is 5.05. The second-order valence-corrected chi connectivity index (χ2v) is 5.67. The molecule has 0 bridgehead atoms. The average molecular weight is 345 g/mol. The lowest BCUT2D eigenvalue weighted by Gasteiger charge is -2.15. The van der Waals surface area contributed by atoms with E-state index in [9.17, 15) is 4.79 Å². The van der Waals surface area contributed by atoms with Crippen LogP contribution in [0.1, 0.15) is 6.92 Å². The van der Waals surface area contributed by atoms with Gasteiger partial charge in [0.1, 0.15) is 5.75 Å². The van der Waals surface area contributed by atoms with E-state index in [0.717, 1.165) is 0 Å². The summed E-state index contributed by atoms with van der Waals surface area (Å²) in [5.74, 6) is 0.259. The molecule has 6 heteroatoms. The molecule has 21 heavy (non-hydrogen) atoms. The number of amides is 1. The molecule has 110 valence electrons. The zero-order chi connectivity index (χ0) is 15.4. The zero-order valence-corrected chi connectivity index (χ0v) is 13.3. The van der Waals surface area contributed by atoms with Crippen molar-refractivity contribution in [2.45, 2.75) is 13.0 Å². The summed E-state index contributed by atoms with van der Waals surface area (Å²) >= 11 is 17.5. The van der Waals surface area contributed by atoms with Crippen LogP contribution in [0.5, 0.6) is 5.75 Å². The van der Waals surface area contributed by atoms with Crippen molar-refractivity contribution in [1.29, 1.82) is 0 Å². The second kappa shape index (κ2) is 7.03. The molecule has 0 saturated carbocycles. The van der Waals surface area contributed by atoms with E-state index in [1.807, 2.05) is 0 Å². The summed E-state index contributed by atoms with van der Waals surface area (Å²) in [7, 11) is 0. The SMILES string of the molecule is CC(Oc1ccc(Cl)cc1)C(=O)Nc1cc(Cl)cc(Cl)c1. The molecule has 0 fully saturated rings. The van der Waals surface area contributed by atoms with Gasteiger partial charge in [-0.3, -0.25) is 4.79 Å². The van der Waals surface area contributed by atoms with E-state index in [1.54, 1.807) is 49.4 Å². The molecule has 1 N–H and O–H groups in total. The Bertz CT molecular complexity index is 624. The van der Waals surface area contributed by atoms with Crippen molar-refractivity contribution in [1.82, 2.24) is 0 Å². The maximum absolute atomic E-state index is 12.1. The minimum Gasteiger partial charge on any atom is -0.481 e. The summed E-state index contributed by atoms with van der Waals surface area (Å²) in [6.07, 6.45) is -0.677. The van der Waals surface area contributed by atoms with Gasteiger partial charge in [-0.15, -0.1) is 0 Å². The number of hydrogen-bond acceptors (Lipinski definition) is 2. The van der Waals surface area contributed by atoms with Crippen LogP contribution < -0.4 is 10.1 Å². The van der Waals surface area contributed by atoms with Gasteiger partial charge in [-0.1, -0.05) is 34.8 Å². The number of nitrogens with one attached hydrogen (secondary N) is 1. The van der Waals surface area contributed by atoms with Gasteiger partial charge in [0.05, 0.1) is 0 Å². The van der Waals surface area contributed by atoms with Gasteiger partial charge < -0.3 is 10.1 Å². The van der Waals surface area contributed by atoms with Gasteiger partial charge in [0, 0.05) is 20.8 Å². The summed E-state index contributed by atoms with van der Waals surface area (Å²) in [6, 6.07) is 11.6. The molecule has 0 spiro atoms. The highest BCUT2D eigenvalue weighted by molar-refractivity contribution is 6.35. The van der Waals surface area contributed by atoms with E-state index in [2.05, 4.69) is 5.32 Å². The molecule has 1 atom stereocenters. The molecule has 0 heterocycles. The molecular weight excluding hydrogens is 333 g/mol. The van der Waals surface area contributed by atoms with Crippen LogP contribution in [0.3, 0.4) is 0 Å². The summed E-state index contributed by atoms with van der Waals surface area (Å²) in [5.41, 5.74) is 0.518. The third-order valence-corrected chi connectivity index (χ3v) is 3.31. The molecule has 0 aliphatic rings. The lowest BCUT2D eigenvalue weighted by atomic mass is 10.3. The lowest BCUT2D eigenvalue weighted by Crippen LogP contribution is -2.30. The molecule has 2 aromatic rings. The Morgan fingerprint density at radius 1 is 1.00 bits per heavy atom. The highest BCUT2D eigenvalue weighted by atomic mass is 35.5. The van der Waals surface area contributed by atoms with Crippen LogP contribution in [0.15, 0.2) is 42.5 Å². The van der Waals surface area contributed by atoms with E-state index in [1.165, 1.54) is 0 Å². The fourth-order valence-corrected chi connectivity index (χ4v) is 2.29. The Hall–Kier alpha value is -1.42. The minimum absolute atomic E-state index is 0.303. The first-order chi connectivity index (χ1) is 9.94. The molecule has 1 unspecified atom stereocenters. The Morgan fingerprint density at radius 3 is 2.14 bits per heavy atom. The number of carbonyl (C=O) groups excluding carboxylic acids is 1. The van der Waals surface area contributed by atoms with Gasteiger partial charge in [0.2, 0.25) is 0 Å². The largest absolute Gasteiger partial charge is 0.481 e. The normalized spacial score (nSPS) is 11.8. The number of hydrogen-bond donors (Lipinski definition) is 1. The van der Waals surface area contributed by atoms with E-state index < -0.39 is 6.10 Å². The Balaban J connectivity index is 2.00. The summed E-state index contributed by atoms with van der Waals surface area (Å²) in [4.78, 5) is 12.1. The number of anilines is 1. The summed E-state index contributed by atoms with van der Waals surface area (Å²) in [6.45, 7) is 1.65. The molecular formula is C15H12Cl3NO2. The first kappa shape index (κ1) is 16.0.